The molecule has 0 aliphatic rings. The second-order valence-corrected chi connectivity index (χ2v) is 4.19. The lowest BCUT2D eigenvalue weighted by Crippen LogP contribution is -2.29. The fourth-order valence-corrected chi connectivity index (χ4v) is 1.86. The molecule has 1 heterocycles. The molecule has 82 valence electrons. The number of Topliss-reactive ketones (excluding diaryl/α,β-unsaturated/α-hetero) is 1. The Labute approximate surface area is 91.7 Å². The molecule has 0 amide bonds. The highest BCUT2D eigenvalue weighted by Crippen LogP contribution is 2.13. The molecule has 0 fully saturated rings. The molecule has 0 aromatic carbocycles. The maximum Gasteiger partial charge on any atom is 0.320 e. The lowest BCUT2D eigenvalue weighted by atomic mass is 10.1. The van der Waals surface area contributed by atoms with Gasteiger partial charge in [0.1, 0.15) is 6.04 Å². The Bertz CT molecular complexity index is 334. The molecule has 1 aromatic rings. The van der Waals surface area contributed by atoms with Crippen LogP contribution in [0.4, 0.5) is 0 Å². The zero-order valence-corrected chi connectivity index (χ0v) is 9.00. The number of rotatable bonds is 6. The third-order valence-electron chi connectivity index (χ3n) is 2.03. The summed E-state index contributed by atoms with van der Waals surface area (Å²) in [6.07, 6.45) is 1.22. The summed E-state index contributed by atoms with van der Waals surface area (Å²) in [6, 6.07) is 2.73. The van der Waals surface area contributed by atoms with Crippen molar-refractivity contribution in [2.75, 3.05) is 0 Å². The normalized spacial score (nSPS) is 12.3. The molecule has 15 heavy (non-hydrogen) atoms. The highest BCUT2D eigenvalue weighted by atomic mass is 32.1. The number of carboxylic acids is 1. The minimum absolute atomic E-state index is 0.0580. The third kappa shape index (κ3) is 3.81. The van der Waals surface area contributed by atoms with Gasteiger partial charge in [0.15, 0.2) is 5.78 Å². The van der Waals surface area contributed by atoms with Crippen molar-refractivity contribution >= 4 is 23.1 Å². The molecule has 1 atom stereocenters. The van der Waals surface area contributed by atoms with Crippen molar-refractivity contribution in [2.45, 2.75) is 25.3 Å². The minimum atomic E-state index is -1.02. The first-order valence-corrected chi connectivity index (χ1v) is 5.54. The number of aliphatic carboxylic acids is 1. The Morgan fingerprint density at radius 3 is 2.80 bits per heavy atom. The molecule has 1 aromatic heterocycles. The van der Waals surface area contributed by atoms with E-state index in [-0.39, 0.29) is 5.78 Å². The van der Waals surface area contributed by atoms with Crippen molar-refractivity contribution in [1.29, 1.82) is 0 Å². The van der Waals surface area contributed by atoms with E-state index in [1.54, 1.807) is 6.07 Å². The maximum absolute atomic E-state index is 11.5. The van der Waals surface area contributed by atoms with Crippen LogP contribution in [0.15, 0.2) is 17.5 Å². The lowest BCUT2D eigenvalue weighted by Gasteiger charge is -2.04. The number of carboxylic acid groups (broad SMARTS) is 1. The number of carbonyl (C=O) groups is 2. The molecule has 4 nitrogen and oxygen atoms in total. The van der Waals surface area contributed by atoms with Gasteiger partial charge in [-0.1, -0.05) is 6.07 Å². The van der Waals surface area contributed by atoms with Gasteiger partial charge in [-0.2, -0.15) is 0 Å². The molecular formula is C10H13NO3S. The van der Waals surface area contributed by atoms with Crippen molar-refractivity contribution in [1.82, 2.24) is 0 Å². The summed E-state index contributed by atoms with van der Waals surface area (Å²) in [5.41, 5.74) is 5.31. The van der Waals surface area contributed by atoms with Crippen LogP contribution < -0.4 is 5.73 Å². The van der Waals surface area contributed by atoms with Gasteiger partial charge in [0.05, 0.1) is 4.88 Å². The minimum Gasteiger partial charge on any atom is -0.480 e. The number of nitrogens with two attached hydrogens (primary N) is 1. The van der Waals surface area contributed by atoms with Crippen molar-refractivity contribution in [2.24, 2.45) is 5.73 Å². The molecule has 0 aliphatic heterocycles. The fourth-order valence-electron chi connectivity index (χ4n) is 1.17. The van der Waals surface area contributed by atoms with Crippen LogP contribution in [0.3, 0.4) is 0 Å². The number of hydrogen-bond acceptors (Lipinski definition) is 4. The van der Waals surface area contributed by atoms with Gasteiger partial charge in [0.2, 0.25) is 0 Å². The van der Waals surface area contributed by atoms with E-state index in [1.165, 1.54) is 11.3 Å². The Morgan fingerprint density at radius 2 is 2.27 bits per heavy atom. The second-order valence-electron chi connectivity index (χ2n) is 3.24. The maximum atomic E-state index is 11.5. The monoisotopic (exact) mass is 227 g/mol. The van der Waals surface area contributed by atoms with Crippen molar-refractivity contribution < 1.29 is 14.7 Å². The molecule has 0 bridgehead atoms. The Kier molecular flexibility index (Phi) is 4.45. The van der Waals surface area contributed by atoms with E-state index in [2.05, 4.69) is 0 Å². The number of ketones is 1. The Balaban J connectivity index is 2.27. The summed E-state index contributed by atoms with van der Waals surface area (Å²) in [7, 11) is 0. The van der Waals surface area contributed by atoms with Gasteiger partial charge >= 0.3 is 5.97 Å². The highest BCUT2D eigenvalue weighted by Gasteiger charge is 2.12. The van der Waals surface area contributed by atoms with Crippen LogP contribution in [0.2, 0.25) is 0 Å². The van der Waals surface area contributed by atoms with E-state index in [4.69, 9.17) is 10.8 Å². The Hall–Kier alpha value is -1.20. The van der Waals surface area contributed by atoms with Crippen LogP contribution in [0.25, 0.3) is 0 Å². The standard InChI is InChI=1S/C10H13NO3S/c11-7(10(13)14)3-1-4-8(12)9-5-2-6-15-9/h2,5-7H,1,3-4,11H2,(H,13,14)/t7-/m0/s1. The van der Waals surface area contributed by atoms with Crippen LogP contribution in [0, 0.1) is 0 Å². The summed E-state index contributed by atoms with van der Waals surface area (Å²) in [5.74, 6) is -0.957. The summed E-state index contributed by atoms with van der Waals surface area (Å²) in [6.45, 7) is 0. The fraction of sp³-hybridized carbons (Fsp3) is 0.400. The molecule has 0 spiro atoms. The average Bonchev–Trinajstić information content (AvgIpc) is 2.70. The van der Waals surface area contributed by atoms with Gasteiger partial charge in [0.25, 0.3) is 0 Å². The largest absolute Gasteiger partial charge is 0.480 e. The average molecular weight is 227 g/mol. The first kappa shape index (κ1) is 11.9. The Morgan fingerprint density at radius 1 is 1.53 bits per heavy atom. The first-order chi connectivity index (χ1) is 7.11. The highest BCUT2D eigenvalue weighted by molar-refractivity contribution is 7.12. The molecule has 3 N–H and O–H groups in total. The van der Waals surface area contributed by atoms with E-state index < -0.39 is 12.0 Å². The van der Waals surface area contributed by atoms with E-state index >= 15 is 0 Å². The smallest absolute Gasteiger partial charge is 0.320 e. The van der Waals surface area contributed by atoms with Gasteiger partial charge in [-0.05, 0) is 24.3 Å². The van der Waals surface area contributed by atoms with Crippen LogP contribution in [0.1, 0.15) is 28.9 Å². The quantitative estimate of drug-likeness (QED) is 0.722. The summed E-state index contributed by atoms with van der Waals surface area (Å²) in [5, 5.41) is 10.4. The van der Waals surface area contributed by atoms with E-state index in [1.807, 2.05) is 11.4 Å². The number of thiophene rings is 1. The molecular weight excluding hydrogens is 214 g/mol. The van der Waals surface area contributed by atoms with Crippen molar-refractivity contribution in [3.63, 3.8) is 0 Å². The first-order valence-electron chi connectivity index (χ1n) is 4.66. The van der Waals surface area contributed by atoms with Gasteiger partial charge in [-0.15, -0.1) is 11.3 Å². The van der Waals surface area contributed by atoms with E-state index in [0.717, 1.165) is 4.88 Å². The van der Waals surface area contributed by atoms with Gasteiger partial charge in [0, 0.05) is 6.42 Å². The molecule has 5 heteroatoms. The predicted molar refractivity (Wildman–Crippen MR) is 58.1 cm³/mol. The number of hydrogen-bond donors (Lipinski definition) is 2. The third-order valence-corrected chi connectivity index (χ3v) is 2.94. The topological polar surface area (TPSA) is 80.4 Å². The summed E-state index contributed by atoms with van der Waals surface area (Å²) < 4.78 is 0. The molecule has 0 unspecified atom stereocenters. The van der Waals surface area contributed by atoms with Crippen LogP contribution in [-0.4, -0.2) is 22.9 Å². The molecule has 0 aliphatic carbocycles. The summed E-state index contributed by atoms with van der Waals surface area (Å²) in [4.78, 5) is 22.6. The van der Waals surface area contributed by atoms with E-state index in [9.17, 15) is 9.59 Å². The van der Waals surface area contributed by atoms with Crippen molar-refractivity contribution in [3.8, 4) is 0 Å². The summed E-state index contributed by atoms with van der Waals surface area (Å²) >= 11 is 1.40. The van der Waals surface area contributed by atoms with Crippen LogP contribution >= 0.6 is 11.3 Å². The predicted octanol–water partition coefficient (Wildman–Crippen LogP) is 1.51. The van der Waals surface area contributed by atoms with Gasteiger partial charge in [-0.25, -0.2) is 0 Å². The number of carbonyl (C=O) groups excluding carboxylic acids is 1. The second kappa shape index (κ2) is 5.63. The molecule has 1 rings (SSSR count). The molecule has 0 saturated carbocycles. The zero-order valence-electron chi connectivity index (χ0n) is 8.18. The molecule has 0 radical (unpaired) electrons. The zero-order chi connectivity index (χ0) is 11.3. The lowest BCUT2D eigenvalue weighted by molar-refractivity contribution is -0.138. The van der Waals surface area contributed by atoms with E-state index in [0.29, 0.717) is 19.3 Å². The molecule has 0 saturated heterocycles. The van der Waals surface area contributed by atoms with Crippen LogP contribution in [0.5, 0.6) is 0 Å². The van der Waals surface area contributed by atoms with Crippen LogP contribution in [-0.2, 0) is 4.79 Å². The SMILES string of the molecule is N[C@@H](CCCC(=O)c1cccs1)C(=O)O. The van der Waals surface area contributed by atoms with Gasteiger partial charge < -0.3 is 10.8 Å². The van der Waals surface area contributed by atoms with Crippen molar-refractivity contribution in [3.05, 3.63) is 22.4 Å². The van der Waals surface area contributed by atoms with Gasteiger partial charge in [-0.3, -0.25) is 9.59 Å².